The van der Waals surface area contributed by atoms with E-state index in [9.17, 15) is 8.42 Å². The zero-order valence-electron chi connectivity index (χ0n) is 11.1. The van der Waals surface area contributed by atoms with Crippen molar-refractivity contribution in [3.8, 4) is 11.5 Å². The van der Waals surface area contributed by atoms with Crippen molar-refractivity contribution in [3.05, 3.63) is 36.0 Å². The van der Waals surface area contributed by atoms with Gasteiger partial charge in [-0.05, 0) is 23.8 Å². The third-order valence-electron chi connectivity index (χ3n) is 2.68. The molecule has 108 valence electrons. The number of aromatic nitrogens is 2. The molecule has 0 atom stereocenters. The van der Waals surface area contributed by atoms with Gasteiger partial charge in [0.15, 0.2) is 16.5 Å². The Hall–Kier alpha value is -2.06. The molecule has 1 aromatic heterocycles. The van der Waals surface area contributed by atoms with Crippen molar-refractivity contribution in [2.45, 2.75) is 11.6 Å². The first-order chi connectivity index (χ1) is 9.56. The van der Waals surface area contributed by atoms with Gasteiger partial charge < -0.3 is 9.47 Å². The van der Waals surface area contributed by atoms with Gasteiger partial charge in [-0.2, -0.15) is 5.10 Å². The van der Waals surface area contributed by atoms with E-state index in [1.165, 1.54) is 19.4 Å². The summed E-state index contributed by atoms with van der Waals surface area (Å²) in [5.74, 6) is 1.14. The van der Waals surface area contributed by atoms with Crippen LogP contribution in [0.15, 0.2) is 35.5 Å². The smallest absolute Gasteiger partial charge is 0.257 e. The van der Waals surface area contributed by atoms with Crippen molar-refractivity contribution >= 4 is 10.0 Å². The highest BCUT2D eigenvalue weighted by Crippen LogP contribution is 2.27. The van der Waals surface area contributed by atoms with Gasteiger partial charge >= 0.3 is 0 Å². The molecule has 2 aromatic rings. The highest BCUT2D eigenvalue weighted by molar-refractivity contribution is 7.89. The van der Waals surface area contributed by atoms with Crippen LogP contribution < -0.4 is 14.2 Å². The third kappa shape index (κ3) is 3.09. The first-order valence-corrected chi connectivity index (χ1v) is 7.25. The molecule has 0 aliphatic heterocycles. The molecule has 0 bridgehead atoms. The molecular formula is C12H15N3O4S. The van der Waals surface area contributed by atoms with Gasteiger partial charge in [-0.25, -0.2) is 13.1 Å². The number of hydrogen-bond donors (Lipinski definition) is 2. The zero-order chi connectivity index (χ0) is 14.6. The molecule has 0 fully saturated rings. The SMILES string of the molecule is COc1ccc(CNS(=O)(=O)c2ccn[nH]2)cc1OC. The number of rotatable bonds is 6. The lowest BCUT2D eigenvalue weighted by Crippen LogP contribution is -2.23. The van der Waals surface area contributed by atoms with Crippen LogP contribution in [-0.2, 0) is 16.6 Å². The second-order valence-electron chi connectivity index (χ2n) is 3.93. The van der Waals surface area contributed by atoms with Crippen molar-refractivity contribution in [2.24, 2.45) is 0 Å². The molecule has 20 heavy (non-hydrogen) atoms. The summed E-state index contributed by atoms with van der Waals surface area (Å²) in [6, 6.07) is 6.58. The van der Waals surface area contributed by atoms with Crippen LogP contribution in [0, 0.1) is 0 Å². The van der Waals surface area contributed by atoms with E-state index in [1.54, 1.807) is 25.3 Å². The number of hydrogen-bond acceptors (Lipinski definition) is 5. The maximum absolute atomic E-state index is 11.9. The van der Waals surface area contributed by atoms with Gasteiger partial charge in [0, 0.05) is 6.54 Å². The number of nitrogens with one attached hydrogen (secondary N) is 2. The molecular weight excluding hydrogens is 282 g/mol. The number of sulfonamides is 1. The monoisotopic (exact) mass is 297 g/mol. The lowest BCUT2D eigenvalue weighted by Gasteiger charge is -2.10. The summed E-state index contributed by atoms with van der Waals surface area (Å²) >= 11 is 0. The lowest BCUT2D eigenvalue weighted by atomic mass is 10.2. The molecule has 0 aliphatic carbocycles. The van der Waals surface area contributed by atoms with Gasteiger partial charge in [-0.3, -0.25) is 5.10 Å². The number of nitrogens with zero attached hydrogens (tertiary/aromatic N) is 1. The van der Waals surface area contributed by atoms with Gasteiger partial charge in [-0.15, -0.1) is 0 Å². The average Bonchev–Trinajstić information content (AvgIpc) is 3.00. The van der Waals surface area contributed by atoms with E-state index >= 15 is 0 Å². The third-order valence-corrected chi connectivity index (χ3v) is 4.01. The molecule has 0 unspecified atom stereocenters. The average molecular weight is 297 g/mol. The molecule has 2 rings (SSSR count). The van der Waals surface area contributed by atoms with Crippen molar-refractivity contribution in [1.82, 2.24) is 14.9 Å². The van der Waals surface area contributed by atoms with E-state index < -0.39 is 10.0 Å². The van der Waals surface area contributed by atoms with Crippen LogP contribution in [-0.4, -0.2) is 32.8 Å². The molecule has 8 heteroatoms. The fourth-order valence-corrected chi connectivity index (χ4v) is 2.56. The van der Waals surface area contributed by atoms with Crippen molar-refractivity contribution in [3.63, 3.8) is 0 Å². The molecule has 0 radical (unpaired) electrons. The first-order valence-electron chi connectivity index (χ1n) is 5.77. The summed E-state index contributed by atoms with van der Waals surface area (Å²) in [6.07, 6.45) is 1.38. The molecule has 0 saturated carbocycles. The largest absolute Gasteiger partial charge is 0.493 e. The normalized spacial score (nSPS) is 11.3. The molecule has 1 heterocycles. The zero-order valence-corrected chi connectivity index (χ0v) is 11.9. The number of H-pyrrole nitrogens is 1. The van der Waals surface area contributed by atoms with E-state index in [-0.39, 0.29) is 11.6 Å². The van der Waals surface area contributed by atoms with Gasteiger partial charge in [0.2, 0.25) is 0 Å². The highest BCUT2D eigenvalue weighted by atomic mass is 32.2. The Morgan fingerprint density at radius 2 is 1.95 bits per heavy atom. The lowest BCUT2D eigenvalue weighted by molar-refractivity contribution is 0.354. The van der Waals surface area contributed by atoms with Crippen LogP contribution >= 0.6 is 0 Å². The van der Waals surface area contributed by atoms with Crippen molar-refractivity contribution in [2.75, 3.05) is 14.2 Å². The van der Waals surface area contributed by atoms with Crippen LogP contribution in [0.4, 0.5) is 0 Å². The van der Waals surface area contributed by atoms with Crippen molar-refractivity contribution < 1.29 is 17.9 Å². The van der Waals surface area contributed by atoms with E-state index in [0.29, 0.717) is 11.5 Å². The summed E-state index contributed by atoms with van der Waals surface area (Å²) in [6.45, 7) is 0.141. The molecule has 0 spiro atoms. The maximum atomic E-state index is 11.9. The molecule has 0 amide bonds. The summed E-state index contributed by atoms with van der Waals surface area (Å²) in [5, 5.41) is 6.05. The molecule has 2 N–H and O–H groups in total. The van der Waals surface area contributed by atoms with E-state index in [0.717, 1.165) is 5.56 Å². The van der Waals surface area contributed by atoms with Gasteiger partial charge in [0.25, 0.3) is 10.0 Å². The fraction of sp³-hybridized carbons (Fsp3) is 0.250. The summed E-state index contributed by atoms with van der Waals surface area (Å²) in [4.78, 5) is 0. The van der Waals surface area contributed by atoms with Crippen LogP contribution in [0.2, 0.25) is 0 Å². The molecule has 0 aliphatic rings. The van der Waals surface area contributed by atoms with Gasteiger partial charge in [-0.1, -0.05) is 6.07 Å². The standard InChI is InChI=1S/C12H15N3O4S/c1-18-10-4-3-9(7-11(10)19-2)8-14-20(16,17)12-5-6-13-15-12/h3-7,14H,8H2,1-2H3,(H,13,15). The van der Waals surface area contributed by atoms with Gasteiger partial charge in [0.05, 0.1) is 20.4 Å². The van der Waals surface area contributed by atoms with E-state index in [1.807, 2.05) is 0 Å². The Labute approximate surface area is 117 Å². The molecule has 7 nitrogen and oxygen atoms in total. The van der Waals surface area contributed by atoms with E-state index in [4.69, 9.17) is 9.47 Å². The van der Waals surface area contributed by atoms with Crippen LogP contribution in [0.1, 0.15) is 5.56 Å². The number of methoxy groups -OCH3 is 2. The second kappa shape index (κ2) is 5.93. The Kier molecular flexibility index (Phi) is 4.26. The first kappa shape index (κ1) is 14.4. The number of benzene rings is 1. The summed E-state index contributed by atoms with van der Waals surface area (Å²) in [5.41, 5.74) is 0.755. The van der Waals surface area contributed by atoms with Crippen molar-refractivity contribution in [1.29, 1.82) is 0 Å². The minimum absolute atomic E-state index is 0.0259. The van der Waals surface area contributed by atoms with E-state index in [2.05, 4.69) is 14.9 Å². The fourth-order valence-electron chi connectivity index (χ4n) is 1.64. The number of aromatic amines is 1. The topological polar surface area (TPSA) is 93.3 Å². The minimum Gasteiger partial charge on any atom is -0.493 e. The maximum Gasteiger partial charge on any atom is 0.257 e. The Morgan fingerprint density at radius 3 is 2.55 bits per heavy atom. The predicted molar refractivity (Wildman–Crippen MR) is 72.2 cm³/mol. The van der Waals surface area contributed by atoms with Gasteiger partial charge in [0.1, 0.15) is 0 Å². The highest BCUT2D eigenvalue weighted by Gasteiger charge is 2.15. The summed E-state index contributed by atoms with van der Waals surface area (Å²) < 4.78 is 36.6. The molecule has 1 aromatic carbocycles. The van der Waals surface area contributed by atoms with Crippen LogP contribution in [0.5, 0.6) is 11.5 Å². The number of ether oxygens (including phenoxy) is 2. The molecule has 0 saturated heterocycles. The Morgan fingerprint density at radius 1 is 1.20 bits per heavy atom. The predicted octanol–water partition coefficient (Wildman–Crippen LogP) is 0.905. The van der Waals surface area contributed by atoms with Crippen LogP contribution in [0.3, 0.4) is 0 Å². The minimum atomic E-state index is -3.59. The quantitative estimate of drug-likeness (QED) is 0.826. The Bertz CT molecular complexity index is 668. The summed E-state index contributed by atoms with van der Waals surface area (Å²) in [7, 11) is -0.526. The van der Waals surface area contributed by atoms with Crippen LogP contribution in [0.25, 0.3) is 0 Å². The Balaban J connectivity index is 2.12. The second-order valence-corrected chi connectivity index (χ2v) is 5.67.